The number of hydrogen-bond acceptors (Lipinski definition) is 5. The van der Waals surface area contributed by atoms with Crippen molar-refractivity contribution in [2.75, 3.05) is 35.0 Å². The topological polar surface area (TPSA) is 54.0 Å². The molecule has 0 bridgehead atoms. The summed E-state index contributed by atoms with van der Waals surface area (Å²) in [7, 11) is 6.61. The second kappa shape index (κ2) is 12.6. The summed E-state index contributed by atoms with van der Waals surface area (Å²) in [5.74, 6) is 0.681. The van der Waals surface area contributed by atoms with Gasteiger partial charge in [-0.3, -0.25) is 4.79 Å². The van der Waals surface area contributed by atoms with Crippen LogP contribution in [0, 0.1) is 5.92 Å². The summed E-state index contributed by atoms with van der Waals surface area (Å²) in [5, 5.41) is 0. The predicted molar refractivity (Wildman–Crippen MR) is 98.3 cm³/mol. The van der Waals surface area contributed by atoms with E-state index in [1.54, 1.807) is 46.7 Å². The number of rotatable bonds is 10. The average Bonchev–Trinajstić information content (AvgIpc) is 2.64. The molecular formula is C20H30O5. The molecule has 0 N–H and O–H groups in total. The molecule has 0 heterocycles. The van der Waals surface area contributed by atoms with E-state index in [1.807, 2.05) is 18.2 Å². The van der Waals surface area contributed by atoms with Crippen molar-refractivity contribution in [1.82, 2.24) is 0 Å². The third-order valence-corrected chi connectivity index (χ3v) is 4.15. The molecule has 0 radical (unpaired) electrons. The zero-order valence-corrected chi connectivity index (χ0v) is 15.6. The van der Waals surface area contributed by atoms with Gasteiger partial charge in [0.05, 0.1) is 25.9 Å². The smallest absolute Gasteiger partial charge is 0.182 e. The Labute approximate surface area is 151 Å². The van der Waals surface area contributed by atoms with E-state index in [0.717, 1.165) is 19.3 Å². The second-order valence-corrected chi connectivity index (χ2v) is 5.94. The number of hydrogen-bond donors (Lipinski definition) is 0. The second-order valence-electron chi connectivity index (χ2n) is 5.94. The summed E-state index contributed by atoms with van der Waals surface area (Å²) in [6.07, 6.45) is 15.3. The molecule has 0 amide bonds. The minimum atomic E-state index is -0.101. The summed E-state index contributed by atoms with van der Waals surface area (Å²) in [6.45, 7) is 0.546. The first-order valence-corrected chi connectivity index (χ1v) is 8.48. The van der Waals surface area contributed by atoms with Gasteiger partial charge in [0.25, 0.3) is 0 Å². The van der Waals surface area contributed by atoms with Crippen molar-refractivity contribution in [3.63, 3.8) is 0 Å². The van der Waals surface area contributed by atoms with Crippen molar-refractivity contribution < 1.29 is 23.7 Å². The number of allylic oxidation sites excluding steroid dienone is 6. The zero-order chi connectivity index (χ0) is 18.5. The molecule has 140 valence electrons. The van der Waals surface area contributed by atoms with Crippen LogP contribution in [-0.2, 0) is 23.7 Å². The summed E-state index contributed by atoms with van der Waals surface area (Å²) in [6, 6.07) is 0. The Balaban J connectivity index is 2.61. The Morgan fingerprint density at radius 2 is 1.64 bits per heavy atom. The van der Waals surface area contributed by atoms with Crippen molar-refractivity contribution in [2.45, 2.75) is 31.5 Å². The van der Waals surface area contributed by atoms with Crippen LogP contribution in [0.15, 0.2) is 48.3 Å². The van der Waals surface area contributed by atoms with Crippen molar-refractivity contribution in [1.29, 1.82) is 0 Å². The zero-order valence-electron chi connectivity index (χ0n) is 15.6. The number of ether oxygens (including phenoxy) is 4. The predicted octanol–water partition coefficient (Wildman–Crippen LogP) is 3.23. The molecule has 1 saturated carbocycles. The van der Waals surface area contributed by atoms with E-state index in [4.69, 9.17) is 18.9 Å². The normalized spacial score (nSPS) is 25.3. The monoisotopic (exact) mass is 350 g/mol. The van der Waals surface area contributed by atoms with Crippen LogP contribution in [0.4, 0.5) is 0 Å². The Morgan fingerprint density at radius 1 is 0.960 bits per heavy atom. The molecule has 2 unspecified atom stereocenters. The van der Waals surface area contributed by atoms with E-state index in [9.17, 15) is 4.79 Å². The summed E-state index contributed by atoms with van der Waals surface area (Å²) < 4.78 is 21.0. The van der Waals surface area contributed by atoms with E-state index < -0.39 is 0 Å². The standard InChI is InChI=1S/C20H30O5/c1-22-11-7-5-6-8-18(23-2)14-17(21)10-9-16-12-19(24-3)15-20(13-16)25-4/h5-10,14,16,19-20H,11-13,15H2,1-4H3/b7-5+,8-6+,10-9+,18-14-. The van der Waals surface area contributed by atoms with Gasteiger partial charge >= 0.3 is 0 Å². The van der Waals surface area contributed by atoms with Gasteiger partial charge in [-0.25, -0.2) is 0 Å². The third kappa shape index (κ3) is 8.82. The third-order valence-electron chi connectivity index (χ3n) is 4.15. The first kappa shape index (κ1) is 21.4. The first-order chi connectivity index (χ1) is 12.1. The van der Waals surface area contributed by atoms with E-state index in [2.05, 4.69) is 0 Å². The van der Waals surface area contributed by atoms with Gasteiger partial charge in [0.1, 0.15) is 5.76 Å². The van der Waals surface area contributed by atoms with Crippen molar-refractivity contribution in [3.05, 3.63) is 48.3 Å². The van der Waals surface area contributed by atoms with Gasteiger partial charge in [0.2, 0.25) is 0 Å². The fraction of sp³-hybridized carbons (Fsp3) is 0.550. The van der Waals surface area contributed by atoms with Gasteiger partial charge in [-0.05, 0) is 37.3 Å². The quantitative estimate of drug-likeness (QED) is 0.344. The Kier molecular flexibility index (Phi) is 10.8. The maximum atomic E-state index is 12.1. The highest BCUT2D eigenvalue weighted by molar-refractivity contribution is 5.99. The molecule has 1 aliphatic rings. The van der Waals surface area contributed by atoms with Crippen LogP contribution >= 0.6 is 0 Å². The van der Waals surface area contributed by atoms with Crippen molar-refractivity contribution in [3.8, 4) is 0 Å². The molecule has 0 aromatic carbocycles. The van der Waals surface area contributed by atoms with Crippen LogP contribution in [0.5, 0.6) is 0 Å². The fourth-order valence-electron chi connectivity index (χ4n) is 2.77. The molecule has 0 spiro atoms. The summed E-state index contributed by atoms with van der Waals surface area (Å²) >= 11 is 0. The van der Waals surface area contributed by atoms with E-state index in [0.29, 0.717) is 12.4 Å². The molecule has 1 rings (SSSR count). The number of methoxy groups -OCH3 is 4. The SMILES string of the molecule is COC/C=C/C=C/C(=C/C(=O)/C=C/C1CC(OC)CC(OC)C1)OC. The maximum absolute atomic E-state index is 12.1. The number of carbonyl (C=O) groups is 1. The van der Waals surface area contributed by atoms with E-state index >= 15 is 0 Å². The lowest BCUT2D eigenvalue weighted by molar-refractivity contribution is -0.110. The summed E-state index contributed by atoms with van der Waals surface area (Å²) in [4.78, 5) is 12.1. The Hall–Kier alpha value is -1.69. The molecule has 5 heteroatoms. The molecule has 0 aromatic rings. The molecular weight excluding hydrogens is 320 g/mol. The minimum absolute atomic E-state index is 0.101. The van der Waals surface area contributed by atoms with Gasteiger partial charge in [-0.1, -0.05) is 24.3 Å². The van der Waals surface area contributed by atoms with E-state index in [-0.39, 0.29) is 23.9 Å². The first-order valence-electron chi connectivity index (χ1n) is 8.48. The lowest BCUT2D eigenvalue weighted by Crippen LogP contribution is -2.31. The highest BCUT2D eigenvalue weighted by Crippen LogP contribution is 2.29. The van der Waals surface area contributed by atoms with Crippen LogP contribution in [0.2, 0.25) is 0 Å². The molecule has 1 fully saturated rings. The molecule has 0 aliphatic heterocycles. The van der Waals surface area contributed by atoms with Gasteiger partial charge in [0.15, 0.2) is 5.78 Å². The minimum Gasteiger partial charge on any atom is -0.497 e. The molecule has 0 aromatic heterocycles. The highest BCUT2D eigenvalue weighted by atomic mass is 16.5. The van der Waals surface area contributed by atoms with E-state index in [1.165, 1.54) is 6.08 Å². The van der Waals surface area contributed by atoms with Gasteiger partial charge in [-0.15, -0.1) is 0 Å². The van der Waals surface area contributed by atoms with Crippen LogP contribution in [0.25, 0.3) is 0 Å². The van der Waals surface area contributed by atoms with Crippen LogP contribution in [0.1, 0.15) is 19.3 Å². The highest BCUT2D eigenvalue weighted by Gasteiger charge is 2.27. The number of carbonyl (C=O) groups excluding carboxylic acids is 1. The van der Waals surface area contributed by atoms with Crippen molar-refractivity contribution in [2.24, 2.45) is 5.92 Å². The molecule has 5 nitrogen and oxygen atoms in total. The lowest BCUT2D eigenvalue weighted by atomic mass is 9.84. The largest absolute Gasteiger partial charge is 0.497 e. The van der Waals surface area contributed by atoms with Gasteiger partial charge in [-0.2, -0.15) is 0 Å². The lowest BCUT2D eigenvalue weighted by Gasteiger charge is -2.31. The van der Waals surface area contributed by atoms with Gasteiger partial charge in [0, 0.05) is 27.4 Å². The summed E-state index contributed by atoms with van der Waals surface area (Å²) in [5.41, 5.74) is 0. The van der Waals surface area contributed by atoms with Crippen LogP contribution in [-0.4, -0.2) is 53.0 Å². The van der Waals surface area contributed by atoms with Crippen molar-refractivity contribution >= 4 is 5.78 Å². The van der Waals surface area contributed by atoms with Crippen LogP contribution < -0.4 is 0 Å². The molecule has 25 heavy (non-hydrogen) atoms. The fourth-order valence-corrected chi connectivity index (χ4v) is 2.77. The van der Waals surface area contributed by atoms with Gasteiger partial charge < -0.3 is 18.9 Å². The molecule has 1 aliphatic carbocycles. The molecule has 0 saturated heterocycles. The maximum Gasteiger partial charge on any atom is 0.182 e. The average molecular weight is 350 g/mol. The molecule has 2 atom stereocenters. The Bertz CT molecular complexity index is 492. The van der Waals surface area contributed by atoms with Crippen LogP contribution in [0.3, 0.4) is 0 Å². The number of ketones is 1. The Morgan fingerprint density at radius 3 is 2.20 bits per heavy atom.